The molecule has 18 heavy (non-hydrogen) atoms. The standard InChI is InChI=1S/C6H5Br.2C5H5.Zr/c7-6-4-2-1-3-5-6;2*1-2-4-5-3-1;/h1-5H;2*1-3H,4H2;. The molecule has 0 nitrogen and oxygen atoms in total. The van der Waals surface area contributed by atoms with Gasteiger partial charge in [0.2, 0.25) is 0 Å². The van der Waals surface area contributed by atoms with Crippen LogP contribution in [0.3, 0.4) is 0 Å². The predicted molar refractivity (Wildman–Crippen MR) is 77.8 cm³/mol. The van der Waals surface area contributed by atoms with Gasteiger partial charge in [0.25, 0.3) is 0 Å². The van der Waals surface area contributed by atoms with Crippen LogP contribution in [0.5, 0.6) is 0 Å². The summed E-state index contributed by atoms with van der Waals surface area (Å²) < 4.78 is 4.59. The van der Waals surface area contributed by atoms with Crippen LogP contribution in [0.1, 0.15) is 12.8 Å². The number of benzene rings is 1. The summed E-state index contributed by atoms with van der Waals surface area (Å²) in [6, 6.07) is 9.97. The second-order valence-electron chi connectivity index (χ2n) is 4.07. The van der Waals surface area contributed by atoms with E-state index in [1.807, 2.05) is 30.3 Å². The van der Waals surface area contributed by atoms with E-state index in [4.69, 9.17) is 0 Å². The van der Waals surface area contributed by atoms with E-state index in [9.17, 15) is 0 Å². The quantitative estimate of drug-likeness (QED) is 0.663. The van der Waals surface area contributed by atoms with E-state index in [2.05, 4.69) is 52.4 Å². The molecule has 0 unspecified atom stereocenters. The van der Waals surface area contributed by atoms with Crippen molar-refractivity contribution in [1.82, 2.24) is 0 Å². The Morgan fingerprint density at radius 2 is 1.39 bits per heavy atom. The summed E-state index contributed by atoms with van der Waals surface area (Å²) in [5, 5.41) is 0. The van der Waals surface area contributed by atoms with Gasteiger partial charge in [-0.15, -0.1) is 0 Å². The van der Waals surface area contributed by atoms with Crippen LogP contribution in [0.4, 0.5) is 0 Å². The van der Waals surface area contributed by atoms with Crippen LogP contribution in [-0.2, 0) is 23.2 Å². The summed E-state index contributed by atoms with van der Waals surface area (Å²) in [4.78, 5) is 0. The van der Waals surface area contributed by atoms with E-state index >= 15 is 0 Å². The molecule has 2 aliphatic rings. The van der Waals surface area contributed by atoms with Crippen LogP contribution < -0.4 is 0 Å². The van der Waals surface area contributed by atoms with Crippen molar-refractivity contribution >= 4 is 15.9 Å². The first-order valence-electron chi connectivity index (χ1n) is 6.03. The van der Waals surface area contributed by atoms with E-state index in [1.165, 1.54) is 12.8 Å². The molecule has 0 saturated carbocycles. The number of hydrogen-bond donors (Lipinski definition) is 0. The summed E-state index contributed by atoms with van der Waals surface area (Å²) in [7, 11) is 0. The average Bonchev–Trinajstić information content (AvgIpc) is 3.05. The Morgan fingerprint density at radius 3 is 1.72 bits per heavy atom. The van der Waals surface area contributed by atoms with Crippen molar-refractivity contribution in [2.24, 2.45) is 0 Å². The van der Waals surface area contributed by atoms with Crippen molar-refractivity contribution in [2.45, 2.75) is 12.8 Å². The van der Waals surface area contributed by atoms with Crippen LogP contribution in [0.2, 0.25) is 0 Å². The van der Waals surface area contributed by atoms with Gasteiger partial charge >= 0.3 is 79.1 Å². The molecule has 0 fully saturated rings. The second-order valence-corrected chi connectivity index (χ2v) is 8.76. The molecule has 0 amide bonds. The van der Waals surface area contributed by atoms with Crippen LogP contribution in [0.15, 0.2) is 77.8 Å². The fourth-order valence-corrected chi connectivity index (χ4v) is 4.98. The molecule has 0 aliphatic heterocycles. The number of hydrogen-bond acceptors (Lipinski definition) is 0. The van der Waals surface area contributed by atoms with E-state index in [0.717, 1.165) is 4.47 Å². The predicted octanol–water partition coefficient (Wildman–Crippen LogP) is 5.21. The molecular weight excluding hydrogens is 363 g/mol. The Kier molecular flexibility index (Phi) is 6.10. The van der Waals surface area contributed by atoms with Gasteiger partial charge in [-0.3, -0.25) is 0 Å². The van der Waals surface area contributed by atoms with Gasteiger partial charge in [0.05, 0.1) is 0 Å². The second kappa shape index (κ2) is 7.86. The Balaban J connectivity index is 0.000000149. The summed E-state index contributed by atoms with van der Waals surface area (Å²) in [5.74, 6) is 0. The summed E-state index contributed by atoms with van der Waals surface area (Å²) in [6.07, 6.45) is 16.0. The molecule has 0 heterocycles. The van der Waals surface area contributed by atoms with Crippen molar-refractivity contribution in [1.29, 1.82) is 0 Å². The van der Waals surface area contributed by atoms with Gasteiger partial charge in [-0.2, -0.15) is 0 Å². The van der Waals surface area contributed by atoms with Gasteiger partial charge < -0.3 is 0 Å². The molecule has 2 aliphatic carbocycles. The van der Waals surface area contributed by atoms with Crippen LogP contribution >= 0.6 is 15.9 Å². The third-order valence-corrected chi connectivity index (χ3v) is 6.53. The van der Waals surface area contributed by atoms with Crippen molar-refractivity contribution in [3.8, 4) is 0 Å². The normalized spacial score (nSPS) is 15.8. The molecule has 0 spiro atoms. The van der Waals surface area contributed by atoms with E-state index in [-0.39, 0.29) is 23.2 Å². The zero-order valence-electron chi connectivity index (χ0n) is 10.1. The van der Waals surface area contributed by atoms with Gasteiger partial charge in [0.15, 0.2) is 0 Å². The summed E-state index contributed by atoms with van der Waals surface area (Å²) >= 11 is 3.00. The zero-order chi connectivity index (χ0) is 12.6. The Bertz CT molecular complexity index is 467. The molecule has 0 radical (unpaired) electrons. The maximum atomic E-state index is 3.31. The number of halogens is 1. The minimum atomic E-state index is -0.312. The number of allylic oxidation sites excluding steroid dienone is 8. The maximum absolute atomic E-state index is 3.31. The minimum absolute atomic E-state index is 0.312. The third-order valence-electron chi connectivity index (χ3n) is 2.60. The van der Waals surface area contributed by atoms with E-state index < -0.39 is 0 Å². The molecule has 0 atom stereocenters. The fraction of sp³-hybridized carbons (Fsp3) is 0.125. The third kappa shape index (κ3) is 5.04. The first kappa shape index (κ1) is 14.0. The first-order valence-corrected chi connectivity index (χ1v) is 9.28. The molecule has 1 aromatic rings. The first-order chi connectivity index (χ1) is 8.84. The van der Waals surface area contributed by atoms with Crippen LogP contribution in [0, 0.1) is 0 Å². The zero-order valence-corrected chi connectivity index (χ0v) is 14.2. The van der Waals surface area contributed by atoms with Crippen LogP contribution in [-0.4, -0.2) is 0 Å². The van der Waals surface area contributed by atoms with Crippen molar-refractivity contribution in [2.75, 3.05) is 0 Å². The molecule has 2 heteroatoms. The van der Waals surface area contributed by atoms with Gasteiger partial charge in [0, 0.05) is 4.47 Å². The van der Waals surface area contributed by atoms with E-state index in [0.29, 0.717) is 0 Å². The molecule has 3 rings (SSSR count). The molecule has 0 bridgehead atoms. The Hall–Kier alpha value is -0.457. The summed E-state index contributed by atoms with van der Waals surface area (Å²) in [6.45, 7) is 0. The van der Waals surface area contributed by atoms with Gasteiger partial charge in [-0.05, 0) is 12.1 Å². The van der Waals surface area contributed by atoms with Crippen molar-refractivity contribution < 1.29 is 23.2 Å². The Morgan fingerprint density at radius 1 is 0.833 bits per heavy atom. The monoisotopic (exact) mass is 376 g/mol. The fourth-order valence-electron chi connectivity index (χ4n) is 1.70. The molecule has 1 aromatic carbocycles. The molecule has 0 saturated heterocycles. The van der Waals surface area contributed by atoms with Gasteiger partial charge in [-0.25, -0.2) is 0 Å². The topological polar surface area (TPSA) is 0 Å². The Labute approximate surface area is 129 Å². The summed E-state index contributed by atoms with van der Waals surface area (Å²) in [5.41, 5.74) is 0. The molecule has 0 aromatic heterocycles. The molecule has 0 N–H and O–H groups in total. The molecular formula is C16H15BrZr. The van der Waals surface area contributed by atoms with Gasteiger partial charge in [0.1, 0.15) is 0 Å². The number of rotatable bonds is 2. The van der Waals surface area contributed by atoms with Gasteiger partial charge in [-0.1, -0.05) is 34.1 Å². The SMILES string of the molecule is Brc1ccccc1.C1=CC[C]([Zr][C]2=CC=CC2)=C1. The van der Waals surface area contributed by atoms with Crippen molar-refractivity contribution in [3.05, 3.63) is 77.8 Å². The van der Waals surface area contributed by atoms with Crippen LogP contribution in [0.25, 0.3) is 0 Å². The molecule has 90 valence electrons. The van der Waals surface area contributed by atoms with Crippen molar-refractivity contribution in [3.63, 3.8) is 0 Å². The van der Waals surface area contributed by atoms with E-state index in [1.54, 1.807) is 6.56 Å². The average molecular weight is 378 g/mol.